The molecule has 1 aromatic heterocycles. The Hall–Kier alpha value is -3.73. The first kappa shape index (κ1) is 19.6. The van der Waals surface area contributed by atoms with Crippen LogP contribution < -0.4 is 5.32 Å². The second-order valence-electron chi connectivity index (χ2n) is 7.55. The highest BCUT2D eigenvalue weighted by atomic mass is 16.2. The van der Waals surface area contributed by atoms with Gasteiger partial charge in [0.05, 0.1) is 12.1 Å². The molecule has 30 heavy (non-hydrogen) atoms. The Morgan fingerprint density at radius 1 is 0.900 bits per heavy atom. The summed E-state index contributed by atoms with van der Waals surface area (Å²) in [4.78, 5) is 32.1. The quantitative estimate of drug-likeness (QED) is 0.648. The second kappa shape index (κ2) is 7.95. The largest absolute Gasteiger partial charge is 0.350 e. The van der Waals surface area contributed by atoms with Gasteiger partial charge in [-0.2, -0.15) is 0 Å². The third-order valence-electron chi connectivity index (χ3n) is 5.44. The first-order valence-electron chi connectivity index (χ1n) is 9.85. The van der Waals surface area contributed by atoms with Gasteiger partial charge in [-0.1, -0.05) is 48.0 Å². The number of aromatic nitrogens is 1. The van der Waals surface area contributed by atoms with Gasteiger partial charge in [0.25, 0.3) is 11.8 Å². The van der Waals surface area contributed by atoms with E-state index in [0.29, 0.717) is 11.3 Å². The minimum Gasteiger partial charge on any atom is -0.350 e. The molecule has 2 amide bonds. The molecule has 3 aromatic rings. The fourth-order valence-electron chi connectivity index (χ4n) is 3.52. The molecule has 0 fully saturated rings. The first-order valence-corrected chi connectivity index (χ1v) is 9.85. The SMILES string of the molecule is Cc1ccc(C2=C(Nc3cccc(C)c3C)C(=O)N(Cc3cccnc3)C2=O)cc1. The molecule has 0 unspecified atom stereocenters. The maximum Gasteiger partial charge on any atom is 0.278 e. The molecule has 0 atom stereocenters. The summed E-state index contributed by atoms with van der Waals surface area (Å²) in [7, 11) is 0. The van der Waals surface area contributed by atoms with Gasteiger partial charge in [0.1, 0.15) is 5.70 Å². The molecule has 4 rings (SSSR count). The van der Waals surface area contributed by atoms with E-state index in [4.69, 9.17) is 0 Å². The zero-order valence-corrected chi connectivity index (χ0v) is 17.3. The minimum absolute atomic E-state index is 0.179. The number of carbonyl (C=O) groups is 2. The number of nitrogens with one attached hydrogen (secondary N) is 1. The molecule has 0 saturated carbocycles. The molecular formula is C25H23N3O2. The molecule has 2 heterocycles. The summed E-state index contributed by atoms with van der Waals surface area (Å²) in [5.41, 5.74) is 6.29. The van der Waals surface area contributed by atoms with E-state index in [-0.39, 0.29) is 18.4 Å². The Morgan fingerprint density at radius 3 is 2.37 bits per heavy atom. The van der Waals surface area contributed by atoms with E-state index in [1.54, 1.807) is 18.5 Å². The van der Waals surface area contributed by atoms with Crippen LogP contribution in [0, 0.1) is 20.8 Å². The Balaban J connectivity index is 1.77. The second-order valence-corrected chi connectivity index (χ2v) is 7.55. The van der Waals surface area contributed by atoms with Gasteiger partial charge in [-0.15, -0.1) is 0 Å². The summed E-state index contributed by atoms with van der Waals surface area (Å²) in [6.45, 7) is 6.19. The molecule has 0 bridgehead atoms. The number of pyridine rings is 1. The minimum atomic E-state index is -0.333. The lowest BCUT2D eigenvalue weighted by Crippen LogP contribution is -2.32. The number of anilines is 1. The van der Waals surface area contributed by atoms with Gasteiger partial charge in [0.15, 0.2) is 0 Å². The Morgan fingerprint density at radius 2 is 1.67 bits per heavy atom. The summed E-state index contributed by atoms with van der Waals surface area (Å²) in [5, 5.41) is 3.26. The van der Waals surface area contributed by atoms with Crippen LogP contribution in [-0.4, -0.2) is 21.7 Å². The molecule has 0 saturated heterocycles. The molecule has 5 heteroatoms. The highest BCUT2D eigenvalue weighted by molar-refractivity contribution is 6.36. The smallest absolute Gasteiger partial charge is 0.278 e. The van der Waals surface area contributed by atoms with Crippen LogP contribution in [0.5, 0.6) is 0 Å². The molecule has 0 spiro atoms. The van der Waals surface area contributed by atoms with E-state index in [0.717, 1.165) is 33.5 Å². The van der Waals surface area contributed by atoms with Crippen LogP contribution in [-0.2, 0) is 16.1 Å². The van der Waals surface area contributed by atoms with Crippen molar-refractivity contribution in [2.24, 2.45) is 0 Å². The van der Waals surface area contributed by atoms with E-state index < -0.39 is 0 Å². The number of nitrogens with zero attached hydrogens (tertiary/aromatic N) is 2. The number of imide groups is 1. The fraction of sp³-hybridized carbons (Fsp3) is 0.160. The van der Waals surface area contributed by atoms with E-state index >= 15 is 0 Å². The highest BCUT2D eigenvalue weighted by Crippen LogP contribution is 2.32. The van der Waals surface area contributed by atoms with E-state index in [2.05, 4.69) is 10.3 Å². The van der Waals surface area contributed by atoms with Crippen molar-refractivity contribution < 1.29 is 9.59 Å². The van der Waals surface area contributed by atoms with Crippen molar-refractivity contribution in [3.8, 4) is 0 Å². The lowest BCUT2D eigenvalue weighted by atomic mass is 10.0. The average Bonchev–Trinajstić information content (AvgIpc) is 2.97. The van der Waals surface area contributed by atoms with E-state index in [1.165, 1.54) is 4.90 Å². The van der Waals surface area contributed by atoms with Gasteiger partial charge in [-0.25, -0.2) is 0 Å². The van der Waals surface area contributed by atoms with Gasteiger partial charge in [-0.3, -0.25) is 19.5 Å². The number of benzene rings is 2. The van der Waals surface area contributed by atoms with Gasteiger partial charge in [-0.05, 0) is 55.2 Å². The molecule has 150 valence electrons. The summed E-state index contributed by atoms with van der Waals surface area (Å²) in [6.07, 6.45) is 3.34. The zero-order chi connectivity index (χ0) is 21.3. The van der Waals surface area contributed by atoms with Crippen LogP contribution in [0.25, 0.3) is 5.57 Å². The Labute approximate surface area is 176 Å². The highest BCUT2D eigenvalue weighted by Gasteiger charge is 2.39. The van der Waals surface area contributed by atoms with Crippen molar-refractivity contribution in [1.82, 2.24) is 9.88 Å². The third-order valence-corrected chi connectivity index (χ3v) is 5.44. The number of hydrogen-bond donors (Lipinski definition) is 1. The van der Waals surface area contributed by atoms with Crippen molar-refractivity contribution in [1.29, 1.82) is 0 Å². The lowest BCUT2D eigenvalue weighted by Gasteiger charge is -2.16. The predicted octanol–water partition coefficient (Wildman–Crippen LogP) is 4.40. The Kier molecular flexibility index (Phi) is 5.19. The average molecular weight is 397 g/mol. The topological polar surface area (TPSA) is 62.3 Å². The Bertz CT molecular complexity index is 1150. The number of carbonyl (C=O) groups excluding carboxylic acids is 2. The molecule has 1 aliphatic heterocycles. The van der Waals surface area contributed by atoms with Gasteiger partial charge < -0.3 is 5.32 Å². The van der Waals surface area contributed by atoms with E-state index in [1.807, 2.05) is 69.3 Å². The standard InChI is InChI=1S/C25H23N3O2/c1-16-9-11-20(12-10-16)22-23(27-21-8-4-6-17(2)18(21)3)25(30)28(24(22)29)15-19-7-5-13-26-14-19/h4-14,27H,15H2,1-3H3. The monoisotopic (exact) mass is 397 g/mol. The van der Waals surface area contributed by atoms with Crippen LogP contribution in [0.3, 0.4) is 0 Å². The maximum atomic E-state index is 13.3. The van der Waals surface area contributed by atoms with Crippen molar-refractivity contribution in [3.63, 3.8) is 0 Å². The summed E-state index contributed by atoms with van der Waals surface area (Å²) in [5.74, 6) is -0.638. The van der Waals surface area contributed by atoms with Gasteiger partial charge in [0, 0.05) is 18.1 Å². The molecular weight excluding hydrogens is 374 g/mol. The van der Waals surface area contributed by atoms with Crippen molar-refractivity contribution in [2.75, 3.05) is 5.32 Å². The molecule has 2 aromatic carbocycles. The zero-order valence-electron chi connectivity index (χ0n) is 17.3. The van der Waals surface area contributed by atoms with Crippen molar-refractivity contribution >= 4 is 23.1 Å². The summed E-state index contributed by atoms with van der Waals surface area (Å²) in [6, 6.07) is 17.2. The molecule has 5 nitrogen and oxygen atoms in total. The van der Waals surface area contributed by atoms with Gasteiger partial charge in [0.2, 0.25) is 0 Å². The lowest BCUT2D eigenvalue weighted by molar-refractivity contribution is -0.137. The summed E-state index contributed by atoms with van der Waals surface area (Å²) < 4.78 is 0. The van der Waals surface area contributed by atoms with Crippen LogP contribution in [0.15, 0.2) is 72.7 Å². The molecule has 1 N–H and O–H groups in total. The van der Waals surface area contributed by atoms with Crippen molar-refractivity contribution in [2.45, 2.75) is 27.3 Å². The number of hydrogen-bond acceptors (Lipinski definition) is 4. The number of amides is 2. The molecule has 0 aliphatic carbocycles. The van der Waals surface area contributed by atoms with Crippen LogP contribution in [0.2, 0.25) is 0 Å². The van der Waals surface area contributed by atoms with E-state index in [9.17, 15) is 9.59 Å². The summed E-state index contributed by atoms with van der Waals surface area (Å²) >= 11 is 0. The van der Waals surface area contributed by atoms with Crippen LogP contribution in [0.4, 0.5) is 5.69 Å². The van der Waals surface area contributed by atoms with Crippen LogP contribution in [0.1, 0.15) is 27.8 Å². The normalized spacial score (nSPS) is 13.9. The number of aryl methyl sites for hydroxylation is 2. The molecule has 0 radical (unpaired) electrons. The number of rotatable bonds is 5. The predicted molar refractivity (Wildman–Crippen MR) is 117 cm³/mol. The first-order chi connectivity index (χ1) is 14.5. The molecule has 1 aliphatic rings. The van der Waals surface area contributed by atoms with Crippen molar-refractivity contribution in [3.05, 3.63) is 101 Å². The third kappa shape index (κ3) is 3.62. The van der Waals surface area contributed by atoms with Crippen LogP contribution >= 0.6 is 0 Å². The van der Waals surface area contributed by atoms with Gasteiger partial charge >= 0.3 is 0 Å². The fourth-order valence-corrected chi connectivity index (χ4v) is 3.52. The maximum absolute atomic E-state index is 13.3.